The minimum absolute atomic E-state index is 0.0141. The number of halogens is 2. The Hall–Kier alpha value is -2.84. The zero-order chi connectivity index (χ0) is 32.5. The molecule has 0 spiro atoms. The lowest BCUT2D eigenvalue weighted by atomic mass is 9.74. The van der Waals surface area contributed by atoms with Gasteiger partial charge < -0.3 is 20.8 Å². The topological polar surface area (TPSA) is 98.7 Å². The Morgan fingerprint density at radius 3 is 2.20 bits per heavy atom. The number of nitrogens with one attached hydrogen (secondary N) is 2. The summed E-state index contributed by atoms with van der Waals surface area (Å²) < 4.78 is 28.1. The number of aliphatic carboxylic acids is 1. The third kappa shape index (κ3) is 9.58. The van der Waals surface area contributed by atoms with Crippen molar-refractivity contribution in [3.8, 4) is 0 Å². The maximum atomic E-state index is 14.0. The highest BCUT2D eigenvalue weighted by atomic mass is 19.1. The van der Waals surface area contributed by atoms with Crippen LogP contribution in [0.5, 0.6) is 0 Å². The number of carbonyl (C=O) groups is 2. The van der Waals surface area contributed by atoms with Gasteiger partial charge in [-0.05, 0) is 72.8 Å². The minimum Gasteiger partial charge on any atom is -0.481 e. The Labute approximate surface area is 262 Å². The molecule has 6 nitrogen and oxygen atoms in total. The van der Waals surface area contributed by atoms with Gasteiger partial charge in [-0.3, -0.25) is 9.59 Å². The molecule has 2 aliphatic carbocycles. The zero-order valence-corrected chi connectivity index (χ0v) is 27.1. The van der Waals surface area contributed by atoms with Crippen LogP contribution in [0.2, 0.25) is 0 Å². The Morgan fingerprint density at radius 2 is 1.59 bits per heavy atom. The second-order valence-corrected chi connectivity index (χ2v) is 13.4. The van der Waals surface area contributed by atoms with Crippen LogP contribution in [0.3, 0.4) is 0 Å². The molecule has 0 radical (unpaired) electrons. The van der Waals surface area contributed by atoms with Crippen LogP contribution in [0.15, 0.2) is 42.5 Å². The number of aliphatic hydroxyl groups is 1. The lowest BCUT2D eigenvalue weighted by Crippen LogP contribution is -2.54. The van der Waals surface area contributed by atoms with E-state index in [0.29, 0.717) is 24.8 Å². The van der Waals surface area contributed by atoms with Gasteiger partial charge in [0, 0.05) is 24.1 Å². The third-order valence-corrected chi connectivity index (χ3v) is 9.20. The molecule has 0 bridgehead atoms. The van der Waals surface area contributed by atoms with Crippen molar-refractivity contribution in [1.82, 2.24) is 10.6 Å². The van der Waals surface area contributed by atoms with Crippen LogP contribution in [-0.2, 0) is 27.0 Å². The second kappa shape index (κ2) is 15.9. The number of aliphatic hydroxyl groups excluding tert-OH is 1. The van der Waals surface area contributed by atoms with Crippen LogP contribution in [0.4, 0.5) is 8.78 Å². The van der Waals surface area contributed by atoms with Crippen LogP contribution in [0, 0.1) is 23.5 Å². The van der Waals surface area contributed by atoms with Gasteiger partial charge in [-0.25, -0.2) is 8.78 Å². The van der Waals surface area contributed by atoms with Crippen molar-refractivity contribution in [2.24, 2.45) is 11.8 Å². The number of amides is 1. The summed E-state index contributed by atoms with van der Waals surface area (Å²) >= 11 is 0. The van der Waals surface area contributed by atoms with E-state index in [1.165, 1.54) is 23.3 Å². The quantitative estimate of drug-likeness (QED) is 0.231. The first-order valence-electron chi connectivity index (χ1n) is 16.4. The van der Waals surface area contributed by atoms with Gasteiger partial charge in [0.25, 0.3) is 0 Å². The fraction of sp³-hybridized carbons (Fsp3) is 0.611. The number of hydrogen-bond acceptors (Lipinski definition) is 4. The molecular weight excluding hydrogens is 562 g/mol. The smallest absolute Gasteiger partial charge is 0.306 e. The van der Waals surface area contributed by atoms with Crippen LogP contribution < -0.4 is 10.6 Å². The van der Waals surface area contributed by atoms with Crippen molar-refractivity contribution in [3.63, 3.8) is 0 Å². The molecule has 2 aromatic rings. The first-order chi connectivity index (χ1) is 20.9. The summed E-state index contributed by atoms with van der Waals surface area (Å²) in [5, 5.41) is 27.6. The molecule has 44 heavy (non-hydrogen) atoms. The summed E-state index contributed by atoms with van der Waals surface area (Å²) in [6.45, 7) is 10.7. The fourth-order valence-corrected chi connectivity index (χ4v) is 6.67. The number of rotatable bonds is 10. The van der Waals surface area contributed by atoms with Gasteiger partial charge in [0.05, 0.1) is 18.1 Å². The van der Waals surface area contributed by atoms with E-state index in [1.54, 1.807) is 0 Å². The average molecular weight is 615 g/mol. The molecule has 4 N–H and O–H groups in total. The molecule has 244 valence electrons. The van der Waals surface area contributed by atoms with E-state index < -0.39 is 41.6 Å². The van der Waals surface area contributed by atoms with Crippen molar-refractivity contribution < 1.29 is 28.6 Å². The van der Waals surface area contributed by atoms with E-state index >= 15 is 0 Å². The number of hydrogen-bond donors (Lipinski definition) is 4. The molecule has 0 saturated heterocycles. The molecule has 2 aromatic carbocycles. The van der Waals surface area contributed by atoms with Gasteiger partial charge in [-0.2, -0.15) is 0 Å². The molecule has 4 unspecified atom stereocenters. The van der Waals surface area contributed by atoms with E-state index in [-0.39, 0.29) is 36.2 Å². The summed E-state index contributed by atoms with van der Waals surface area (Å²) in [5.41, 5.74) is 2.39. The van der Waals surface area contributed by atoms with Crippen LogP contribution >= 0.6 is 0 Å². The van der Waals surface area contributed by atoms with E-state index in [9.17, 15) is 28.6 Å². The maximum Gasteiger partial charge on any atom is 0.306 e. The van der Waals surface area contributed by atoms with Crippen molar-refractivity contribution >= 4 is 11.9 Å². The van der Waals surface area contributed by atoms with Gasteiger partial charge in [0.15, 0.2) is 0 Å². The van der Waals surface area contributed by atoms with Gasteiger partial charge in [0.2, 0.25) is 5.91 Å². The molecule has 2 aliphatic rings. The molecule has 0 aromatic heterocycles. The largest absolute Gasteiger partial charge is 0.481 e. The maximum absolute atomic E-state index is 14.0. The molecule has 2 saturated carbocycles. The van der Waals surface area contributed by atoms with E-state index in [2.05, 4.69) is 55.7 Å². The van der Waals surface area contributed by atoms with Gasteiger partial charge in [-0.15, -0.1) is 0 Å². The molecular formula is C36H52F2N2O4. The summed E-state index contributed by atoms with van der Waals surface area (Å²) in [6, 6.07) is 11.0. The number of carboxylic acid groups (broad SMARTS) is 1. The Kier molecular flexibility index (Phi) is 12.9. The molecule has 0 aliphatic heterocycles. The first kappa shape index (κ1) is 35.6. The van der Waals surface area contributed by atoms with Gasteiger partial charge in [-0.1, -0.05) is 84.6 Å². The highest BCUT2D eigenvalue weighted by molar-refractivity contribution is 5.80. The van der Waals surface area contributed by atoms with Crippen LogP contribution in [0.1, 0.15) is 109 Å². The summed E-state index contributed by atoms with van der Waals surface area (Å²) in [7, 11) is 0. The van der Waals surface area contributed by atoms with Crippen molar-refractivity contribution in [2.75, 3.05) is 6.54 Å². The lowest BCUT2D eigenvalue weighted by molar-refractivity contribution is -0.144. The fourth-order valence-electron chi connectivity index (χ4n) is 6.67. The first-order valence-corrected chi connectivity index (χ1v) is 16.4. The predicted molar refractivity (Wildman–Crippen MR) is 170 cm³/mol. The lowest BCUT2D eigenvalue weighted by Gasteiger charge is -2.41. The molecule has 1 amide bonds. The molecule has 0 heterocycles. The van der Waals surface area contributed by atoms with Crippen molar-refractivity contribution in [3.05, 3.63) is 70.8 Å². The summed E-state index contributed by atoms with van der Waals surface area (Å²) in [6.07, 6.45) is 6.04. The number of benzene rings is 2. The zero-order valence-electron chi connectivity index (χ0n) is 27.1. The van der Waals surface area contributed by atoms with Crippen LogP contribution in [0.25, 0.3) is 0 Å². The normalized spacial score (nSPS) is 21.4. The molecule has 2 fully saturated rings. The average Bonchev–Trinajstić information content (AvgIpc) is 3.00. The highest BCUT2D eigenvalue weighted by Gasteiger charge is 2.37. The SMILES string of the molecule is CC.CC(C)(C)c1cccc(C2(NCC(O)C(Cc3cc(F)cc(F)c3)NC(=O)C3CCCC(C(=O)O)C3)CCCCC2)c1. The third-order valence-electron chi connectivity index (χ3n) is 9.20. The Bertz CT molecular complexity index is 1220. The number of carbonyl (C=O) groups excluding carboxylic acids is 1. The Morgan fingerprint density at radius 1 is 0.955 bits per heavy atom. The summed E-state index contributed by atoms with van der Waals surface area (Å²) in [5.74, 6) is -3.74. The van der Waals surface area contributed by atoms with Crippen molar-refractivity contribution in [2.45, 2.75) is 122 Å². The summed E-state index contributed by atoms with van der Waals surface area (Å²) in [4.78, 5) is 24.9. The van der Waals surface area contributed by atoms with Crippen molar-refractivity contribution in [1.29, 1.82) is 0 Å². The molecule has 4 atom stereocenters. The van der Waals surface area contributed by atoms with Crippen LogP contribution in [-0.4, -0.2) is 40.8 Å². The minimum atomic E-state index is -1.05. The van der Waals surface area contributed by atoms with Gasteiger partial charge >= 0.3 is 5.97 Å². The molecule has 4 rings (SSSR count). The van der Waals surface area contributed by atoms with E-state index in [1.807, 2.05) is 13.8 Å². The number of carboxylic acids is 1. The standard InChI is InChI=1S/C34H46F2N2O4.C2H6/c1-33(2,3)25-11-8-12-26(19-25)34(13-5-4-6-14-34)37-21-30(39)29(17-22-15-27(35)20-28(36)16-22)38-31(40)23-9-7-10-24(18-23)32(41)42;1-2/h8,11-12,15-16,19-20,23-24,29-30,37,39H,4-7,9-10,13-14,17-18,21H2,1-3H3,(H,38,40)(H,41,42);1-2H3. The second-order valence-electron chi connectivity index (χ2n) is 13.4. The Balaban J connectivity index is 0.00000259. The van der Waals surface area contributed by atoms with E-state index in [4.69, 9.17) is 0 Å². The highest BCUT2D eigenvalue weighted by Crippen LogP contribution is 2.39. The van der Waals surface area contributed by atoms with E-state index in [0.717, 1.165) is 38.2 Å². The monoisotopic (exact) mass is 614 g/mol. The predicted octanol–water partition coefficient (Wildman–Crippen LogP) is 7.02. The molecule has 8 heteroatoms. The van der Waals surface area contributed by atoms with Gasteiger partial charge in [0.1, 0.15) is 11.6 Å².